The van der Waals surface area contributed by atoms with Crippen LogP contribution in [0, 0.1) is 9.54 Å². The molecule has 0 aliphatic heterocycles. The number of H-pyrrole nitrogens is 2. The monoisotopic (exact) mass is 926 g/mol. The summed E-state index contributed by atoms with van der Waals surface area (Å²) < 4.78 is 4.06. The van der Waals surface area contributed by atoms with Gasteiger partial charge in [-0.2, -0.15) is 10.3 Å². The average molecular weight is 927 g/mol. The lowest BCUT2D eigenvalue weighted by Crippen LogP contribution is -2.39. The Bertz CT molecular complexity index is 2190. The molecule has 0 bridgehead atoms. The summed E-state index contributed by atoms with van der Waals surface area (Å²) in [6, 6.07) is 11.2. The van der Waals surface area contributed by atoms with E-state index in [9.17, 15) is 0 Å². The summed E-state index contributed by atoms with van der Waals surface area (Å²) in [5.41, 5.74) is 5.48. The summed E-state index contributed by atoms with van der Waals surface area (Å²) >= 11 is 27.2. The number of hydrogen-bond acceptors (Lipinski definition) is 16. The minimum atomic E-state index is 0.0331. The normalized spacial score (nSPS) is 10.4. The molecule has 3 heterocycles. The zero-order chi connectivity index (χ0) is 43.2. The quantitative estimate of drug-likeness (QED) is 0.0324. The maximum absolute atomic E-state index is 8.75. The highest BCUT2D eigenvalue weighted by molar-refractivity contribution is 7.80. The Balaban J connectivity index is 0.000000245. The predicted octanol–water partition coefficient (Wildman–Crippen LogP) is 5.70. The van der Waals surface area contributed by atoms with Gasteiger partial charge in [-0.3, -0.25) is 25.4 Å². The molecule has 5 aromatic rings. The molecule has 26 heteroatoms. The summed E-state index contributed by atoms with van der Waals surface area (Å²) in [5.74, 6) is 0. The number of hydrogen-bond donors (Lipinski definition) is 10. The highest BCUT2D eigenvalue weighted by atomic mass is 32.1. The molecule has 320 valence electrons. The number of thiocarbonyl (C=S) groups is 3. The molecular formula is C33H46N14O6S6. The van der Waals surface area contributed by atoms with Crippen molar-refractivity contribution in [2.75, 3.05) is 36.8 Å². The van der Waals surface area contributed by atoms with E-state index in [1.54, 1.807) is 28.4 Å². The minimum Gasteiger partial charge on any atom is -0.363 e. The summed E-state index contributed by atoms with van der Waals surface area (Å²) in [6.45, 7) is 12.0. The SMILES string of the molecule is CCN(CC)C(=S)NCc1cc(COO)cc(-n2cn[nH]c2=S)c1.CCNC(=S)Nc1cc(COO)cc(-n2[nH]nnc2=S)c1.CCNC(=S)Nc1nc(COO)cs1. The summed E-state index contributed by atoms with van der Waals surface area (Å²) in [4.78, 5) is 18.6. The topological polar surface area (TPSA) is 245 Å². The van der Waals surface area contributed by atoms with E-state index in [1.165, 1.54) is 16.0 Å². The summed E-state index contributed by atoms with van der Waals surface area (Å²) in [5, 5.41) is 61.6. The number of thiazole rings is 1. The fourth-order valence-electron chi connectivity index (χ4n) is 4.91. The lowest BCUT2D eigenvalue weighted by atomic mass is 10.1. The van der Waals surface area contributed by atoms with E-state index >= 15 is 0 Å². The van der Waals surface area contributed by atoms with Gasteiger partial charge in [0.25, 0.3) is 0 Å². The van der Waals surface area contributed by atoms with Gasteiger partial charge < -0.3 is 31.5 Å². The Morgan fingerprint density at radius 2 is 1.42 bits per heavy atom. The van der Waals surface area contributed by atoms with Crippen LogP contribution in [0.25, 0.3) is 11.4 Å². The van der Waals surface area contributed by atoms with Crippen molar-refractivity contribution < 1.29 is 30.4 Å². The van der Waals surface area contributed by atoms with Crippen LogP contribution in [0.3, 0.4) is 0 Å². The van der Waals surface area contributed by atoms with Gasteiger partial charge in [0.2, 0.25) is 4.77 Å². The van der Waals surface area contributed by atoms with Gasteiger partial charge in [0.1, 0.15) is 26.1 Å². The molecule has 0 saturated carbocycles. The van der Waals surface area contributed by atoms with Crippen LogP contribution in [0.4, 0.5) is 10.8 Å². The molecule has 3 aromatic heterocycles. The fourth-order valence-corrected chi connectivity index (χ4v) is 6.90. The predicted molar refractivity (Wildman–Crippen MR) is 242 cm³/mol. The average Bonchev–Trinajstić information content (AvgIpc) is 3.96. The molecule has 0 spiro atoms. The smallest absolute Gasteiger partial charge is 0.242 e. The molecule has 0 radical (unpaired) electrons. The lowest BCUT2D eigenvalue weighted by molar-refractivity contribution is -0.253. The second-order valence-corrected chi connectivity index (χ2v) is 14.4. The third-order valence-corrected chi connectivity index (χ3v) is 9.70. The Morgan fingerprint density at radius 3 is 2.00 bits per heavy atom. The van der Waals surface area contributed by atoms with Crippen molar-refractivity contribution in [3.8, 4) is 11.4 Å². The van der Waals surface area contributed by atoms with Crippen molar-refractivity contribution in [3.63, 3.8) is 0 Å². The molecule has 5 rings (SSSR count). The van der Waals surface area contributed by atoms with Gasteiger partial charge >= 0.3 is 0 Å². The van der Waals surface area contributed by atoms with Gasteiger partial charge in [0.05, 0.1) is 17.1 Å². The Kier molecular flexibility index (Phi) is 22.1. The molecule has 0 unspecified atom stereocenters. The molecule has 0 aliphatic carbocycles. The number of aromatic amines is 2. The summed E-state index contributed by atoms with van der Waals surface area (Å²) in [6.07, 6.45) is 1.61. The Labute approximate surface area is 370 Å². The summed E-state index contributed by atoms with van der Waals surface area (Å²) in [7, 11) is 0. The number of rotatable bonds is 16. The zero-order valence-electron chi connectivity index (χ0n) is 32.4. The number of aromatic nitrogens is 8. The van der Waals surface area contributed by atoms with Gasteiger partial charge in [-0.05, 0) is 136 Å². The Hall–Kier alpha value is -4.45. The molecule has 0 amide bonds. The van der Waals surface area contributed by atoms with Crippen LogP contribution in [-0.2, 0) is 41.0 Å². The van der Waals surface area contributed by atoms with Crippen LogP contribution >= 0.6 is 72.4 Å². The van der Waals surface area contributed by atoms with Crippen molar-refractivity contribution in [2.24, 2.45) is 0 Å². The highest BCUT2D eigenvalue weighted by Gasteiger charge is 2.10. The van der Waals surface area contributed by atoms with E-state index in [4.69, 9.17) is 76.9 Å². The van der Waals surface area contributed by atoms with E-state index < -0.39 is 0 Å². The number of tetrazole rings is 1. The van der Waals surface area contributed by atoms with Gasteiger partial charge in [0.15, 0.2) is 25.2 Å². The van der Waals surface area contributed by atoms with Crippen molar-refractivity contribution in [1.82, 2.24) is 60.8 Å². The second kappa shape index (κ2) is 26.6. The molecule has 0 aliphatic rings. The molecule has 2 aromatic carbocycles. The van der Waals surface area contributed by atoms with Crippen molar-refractivity contribution in [2.45, 2.75) is 54.1 Å². The molecule has 59 heavy (non-hydrogen) atoms. The molecule has 20 nitrogen and oxygen atoms in total. The van der Waals surface area contributed by atoms with Crippen LogP contribution in [0.1, 0.15) is 50.1 Å². The van der Waals surface area contributed by atoms with E-state index in [-0.39, 0.29) is 24.6 Å². The van der Waals surface area contributed by atoms with Gasteiger partial charge in [-0.25, -0.2) is 24.3 Å². The van der Waals surface area contributed by atoms with Crippen LogP contribution in [0.2, 0.25) is 0 Å². The number of anilines is 2. The fraction of sp³-hybridized carbons (Fsp3) is 0.364. The van der Waals surface area contributed by atoms with E-state index in [0.717, 1.165) is 47.7 Å². The third kappa shape index (κ3) is 16.6. The molecular weight excluding hydrogens is 881 g/mol. The van der Waals surface area contributed by atoms with Crippen molar-refractivity contribution in [1.29, 1.82) is 0 Å². The maximum atomic E-state index is 8.75. The number of nitrogens with zero attached hydrogens (tertiary/aromatic N) is 7. The first kappa shape index (κ1) is 48.9. The minimum absolute atomic E-state index is 0.0331. The highest BCUT2D eigenvalue weighted by Crippen LogP contribution is 2.20. The first-order valence-electron chi connectivity index (χ1n) is 17.7. The molecule has 0 saturated heterocycles. The van der Waals surface area contributed by atoms with Crippen LogP contribution in [0.15, 0.2) is 48.1 Å². The molecule has 0 atom stereocenters. The zero-order valence-corrected chi connectivity index (χ0v) is 37.3. The lowest BCUT2D eigenvalue weighted by Gasteiger charge is -2.22. The first-order valence-corrected chi connectivity index (χ1v) is 20.7. The largest absolute Gasteiger partial charge is 0.363 e. The first-order chi connectivity index (χ1) is 28.5. The number of benzene rings is 2. The maximum Gasteiger partial charge on any atom is 0.242 e. The standard InChI is InChI=1S/C15H21N5O2S2.C11H14N6O2S2.C7H11N3O2S2/c1-3-19(4-2)14(23)16-8-11-5-12(9-22-21)7-13(6-11)20-10-17-18-15(20)24;1-2-12-10(20)13-8-3-7(6-19-18)4-9(5-8)17-11(21)14-15-16-17;1-2-8-6(13)10-7-9-5(3-12-11)4-14-7/h5-7,10,21H,3-4,8-9H2,1-2H3,(H,16,23)(H,18,24);3-5,18H,2,6H2,1H3,(H2,12,13,20)(H,14,16,21);4,11H,2-3H2,1H3,(H2,8,9,10,13). The van der Waals surface area contributed by atoms with Crippen molar-refractivity contribution >= 4 is 98.6 Å². The Morgan fingerprint density at radius 1 is 0.797 bits per heavy atom. The second-order valence-electron chi connectivity index (χ2n) is 11.6. The van der Waals surface area contributed by atoms with Crippen LogP contribution < -0.4 is 26.6 Å². The third-order valence-electron chi connectivity index (χ3n) is 7.45. The van der Waals surface area contributed by atoms with Gasteiger partial charge in [-0.1, -0.05) is 16.4 Å². The molecule has 0 fully saturated rings. The van der Waals surface area contributed by atoms with E-state index in [2.05, 4.69) is 90.7 Å². The number of nitrogens with one attached hydrogen (secondary N) is 7. The van der Waals surface area contributed by atoms with Crippen LogP contribution in [0.5, 0.6) is 0 Å². The van der Waals surface area contributed by atoms with E-state index in [1.807, 2.05) is 38.1 Å². The van der Waals surface area contributed by atoms with Crippen molar-refractivity contribution in [3.05, 3.63) is 80.0 Å². The molecule has 10 N–H and O–H groups in total. The van der Waals surface area contributed by atoms with Crippen LogP contribution in [-0.4, -0.2) is 102 Å². The van der Waals surface area contributed by atoms with E-state index in [0.29, 0.717) is 49.7 Å². The van der Waals surface area contributed by atoms with Gasteiger partial charge in [-0.15, -0.1) is 11.3 Å². The van der Waals surface area contributed by atoms with Gasteiger partial charge in [0, 0.05) is 43.8 Å².